The lowest BCUT2D eigenvalue weighted by Crippen LogP contribution is -2.12. The summed E-state index contributed by atoms with van der Waals surface area (Å²) in [4.78, 5) is 12.3. The molecule has 0 aliphatic heterocycles. The van der Waals surface area contributed by atoms with Crippen molar-refractivity contribution in [3.63, 3.8) is 0 Å². The quantitative estimate of drug-likeness (QED) is 0.403. The summed E-state index contributed by atoms with van der Waals surface area (Å²) >= 11 is 0. The molecule has 0 amide bonds. The van der Waals surface area contributed by atoms with Crippen molar-refractivity contribution < 1.29 is 4.79 Å². The fraction of sp³-hybridized carbons (Fsp3) is 0.115. The molecule has 4 aromatic rings. The number of hydrogen-bond acceptors (Lipinski definition) is 1. The third kappa shape index (κ3) is 2.86. The Balaban J connectivity index is 1.69. The van der Waals surface area contributed by atoms with E-state index in [1.165, 1.54) is 27.1 Å². The van der Waals surface area contributed by atoms with E-state index in [-0.39, 0.29) is 11.7 Å². The van der Waals surface area contributed by atoms with E-state index in [1.54, 1.807) is 0 Å². The molecular formula is C26H20O. The molecule has 0 aromatic heterocycles. The molecule has 1 aliphatic carbocycles. The smallest absolute Gasteiger partial charge is 0.156 e. The van der Waals surface area contributed by atoms with Crippen LogP contribution in [0.1, 0.15) is 29.9 Å². The number of carbonyl (C=O) groups is 1. The van der Waals surface area contributed by atoms with Gasteiger partial charge in [0.1, 0.15) is 0 Å². The van der Waals surface area contributed by atoms with Crippen molar-refractivity contribution in [1.82, 2.24) is 0 Å². The van der Waals surface area contributed by atoms with E-state index in [0.29, 0.717) is 6.42 Å². The Labute approximate surface area is 159 Å². The first-order chi connectivity index (χ1) is 13.3. The van der Waals surface area contributed by atoms with E-state index in [4.69, 9.17) is 0 Å². The van der Waals surface area contributed by atoms with Crippen molar-refractivity contribution in [2.24, 2.45) is 0 Å². The summed E-state index contributed by atoms with van der Waals surface area (Å²) in [6, 6.07) is 30.0. The average Bonchev–Trinajstić information content (AvgIpc) is 2.73. The van der Waals surface area contributed by atoms with Crippen LogP contribution < -0.4 is 0 Å². The molecule has 1 aliphatic rings. The van der Waals surface area contributed by atoms with Gasteiger partial charge in [0, 0.05) is 12.3 Å². The number of allylic oxidation sites excluding steroid dienone is 2. The molecule has 27 heavy (non-hydrogen) atoms. The van der Waals surface area contributed by atoms with Gasteiger partial charge in [-0.3, -0.25) is 4.79 Å². The first-order valence-electron chi connectivity index (χ1n) is 9.51. The van der Waals surface area contributed by atoms with Crippen LogP contribution in [0.25, 0.3) is 27.1 Å². The molecule has 130 valence electrons. The number of benzene rings is 4. The topological polar surface area (TPSA) is 17.1 Å². The van der Waals surface area contributed by atoms with Crippen LogP contribution in [-0.2, 0) is 4.79 Å². The molecule has 4 aromatic carbocycles. The SMILES string of the molecule is O=C1C=C(c2ccc3ccccc3c2)C(c2cccc3ccccc23)CC1. The maximum absolute atomic E-state index is 12.3. The minimum atomic E-state index is 0.231. The van der Waals surface area contributed by atoms with Crippen molar-refractivity contribution in [1.29, 1.82) is 0 Å². The molecular weight excluding hydrogens is 328 g/mol. The highest BCUT2D eigenvalue weighted by Crippen LogP contribution is 2.42. The summed E-state index contributed by atoms with van der Waals surface area (Å²) in [5, 5.41) is 4.98. The zero-order valence-corrected chi connectivity index (χ0v) is 15.1. The Bertz CT molecular complexity index is 1190. The number of fused-ring (bicyclic) bond motifs is 2. The van der Waals surface area contributed by atoms with Crippen LogP contribution in [0.2, 0.25) is 0 Å². The third-order valence-corrected chi connectivity index (χ3v) is 5.65. The number of rotatable bonds is 2. The van der Waals surface area contributed by atoms with Gasteiger partial charge in [-0.05, 0) is 56.8 Å². The predicted molar refractivity (Wildman–Crippen MR) is 113 cm³/mol. The second-order valence-corrected chi connectivity index (χ2v) is 7.29. The number of hydrogen-bond donors (Lipinski definition) is 0. The number of carbonyl (C=O) groups excluding carboxylic acids is 1. The standard InChI is InChI=1S/C26H20O/c27-22-14-15-25(24-11-5-9-19-7-3-4-10-23(19)24)26(17-22)21-13-12-18-6-1-2-8-20(18)16-21/h1-13,16-17,25H,14-15H2. The van der Waals surface area contributed by atoms with Crippen molar-refractivity contribution in [2.75, 3.05) is 0 Å². The minimum absolute atomic E-state index is 0.231. The minimum Gasteiger partial charge on any atom is -0.295 e. The zero-order chi connectivity index (χ0) is 18.2. The van der Waals surface area contributed by atoms with E-state index < -0.39 is 0 Å². The second kappa shape index (κ2) is 6.51. The van der Waals surface area contributed by atoms with Gasteiger partial charge < -0.3 is 0 Å². The molecule has 1 atom stereocenters. The van der Waals surface area contributed by atoms with Crippen molar-refractivity contribution in [3.8, 4) is 0 Å². The predicted octanol–water partition coefficient (Wildman–Crippen LogP) is 6.52. The van der Waals surface area contributed by atoms with Gasteiger partial charge in [0.2, 0.25) is 0 Å². The van der Waals surface area contributed by atoms with Crippen LogP contribution in [0.15, 0.2) is 91.0 Å². The summed E-state index contributed by atoms with van der Waals surface area (Å²) in [6.45, 7) is 0. The molecule has 1 heteroatoms. The lowest BCUT2D eigenvalue weighted by atomic mass is 9.77. The Hall–Kier alpha value is -3.19. The highest BCUT2D eigenvalue weighted by atomic mass is 16.1. The van der Waals surface area contributed by atoms with Gasteiger partial charge in [-0.1, -0.05) is 78.9 Å². The summed E-state index contributed by atoms with van der Waals surface area (Å²) < 4.78 is 0. The van der Waals surface area contributed by atoms with Gasteiger partial charge in [-0.2, -0.15) is 0 Å². The normalized spacial score (nSPS) is 17.3. The average molecular weight is 348 g/mol. The Morgan fingerprint density at radius 1 is 0.704 bits per heavy atom. The summed E-state index contributed by atoms with van der Waals surface area (Å²) in [5.41, 5.74) is 3.62. The highest BCUT2D eigenvalue weighted by Gasteiger charge is 2.25. The van der Waals surface area contributed by atoms with Crippen LogP contribution in [0, 0.1) is 0 Å². The maximum Gasteiger partial charge on any atom is 0.156 e. The summed E-state index contributed by atoms with van der Waals surface area (Å²) in [7, 11) is 0. The monoisotopic (exact) mass is 348 g/mol. The molecule has 0 saturated carbocycles. The van der Waals surface area contributed by atoms with Gasteiger partial charge in [0.25, 0.3) is 0 Å². The Morgan fingerprint density at radius 2 is 1.44 bits per heavy atom. The van der Waals surface area contributed by atoms with Gasteiger partial charge in [0.05, 0.1) is 0 Å². The zero-order valence-electron chi connectivity index (χ0n) is 15.1. The lowest BCUT2D eigenvalue weighted by molar-refractivity contribution is -0.114. The Kier molecular flexibility index (Phi) is 3.86. The van der Waals surface area contributed by atoms with Crippen molar-refractivity contribution >= 4 is 32.9 Å². The van der Waals surface area contributed by atoms with Crippen LogP contribution in [0.4, 0.5) is 0 Å². The van der Waals surface area contributed by atoms with E-state index in [1.807, 2.05) is 6.08 Å². The largest absolute Gasteiger partial charge is 0.295 e. The second-order valence-electron chi connectivity index (χ2n) is 7.29. The molecule has 0 fully saturated rings. The van der Waals surface area contributed by atoms with Crippen LogP contribution in [-0.4, -0.2) is 5.78 Å². The molecule has 0 radical (unpaired) electrons. The molecule has 0 heterocycles. The first-order valence-corrected chi connectivity index (χ1v) is 9.51. The van der Waals surface area contributed by atoms with Crippen LogP contribution in [0.3, 0.4) is 0 Å². The molecule has 0 saturated heterocycles. The molecule has 1 nitrogen and oxygen atoms in total. The fourth-order valence-electron chi connectivity index (χ4n) is 4.32. The van der Waals surface area contributed by atoms with E-state index in [2.05, 4.69) is 84.9 Å². The lowest BCUT2D eigenvalue weighted by Gasteiger charge is -2.26. The van der Waals surface area contributed by atoms with E-state index in [9.17, 15) is 4.79 Å². The van der Waals surface area contributed by atoms with Gasteiger partial charge >= 0.3 is 0 Å². The van der Waals surface area contributed by atoms with E-state index >= 15 is 0 Å². The van der Waals surface area contributed by atoms with Crippen molar-refractivity contribution in [3.05, 3.63) is 102 Å². The highest BCUT2D eigenvalue weighted by molar-refractivity contribution is 6.02. The molecule has 5 rings (SSSR count). The van der Waals surface area contributed by atoms with Crippen LogP contribution >= 0.6 is 0 Å². The molecule has 0 N–H and O–H groups in total. The third-order valence-electron chi connectivity index (χ3n) is 5.65. The van der Waals surface area contributed by atoms with Crippen LogP contribution in [0.5, 0.6) is 0 Å². The van der Waals surface area contributed by atoms with E-state index in [0.717, 1.165) is 17.6 Å². The first kappa shape index (κ1) is 16.0. The summed E-state index contributed by atoms with van der Waals surface area (Å²) in [5.74, 6) is 0.476. The Morgan fingerprint density at radius 3 is 2.33 bits per heavy atom. The van der Waals surface area contributed by atoms with Gasteiger partial charge in [-0.15, -0.1) is 0 Å². The van der Waals surface area contributed by atoms with Gasteiger partial charge in [-0.25, -0.2) is 0 Å². The number of ketones is 1. The summed E-state index contributed by atoms with van der Waals surface area (Å²) in [6.07, 6.45) is 3.36. The molecule has 1 unspecified atom stereocenters. The van der Waals surface area contributed by atoms with Gasteiger partial charge in [0.15, 0.2) is 5.78 Å². The fourth-order valence-corrected chi connectivity index (χ4v) is 4.32. The maximum atomic E-state index is 12.3. The molecule has 0 spiro atoms. The van der Waals surface area contributed by atoms with Crippen molar-refractivity contribution in [2.45, 2.75) is 18.8 Å². The molecule has 0 bridgehead atoms.